The van der Waals surface area contributed by atoms with Crippen molar-refractivity contribution in [2.24, 2.45) is 0 Å². The van der Waals surface area contributed by atoms with Crippen molar-refractivity contribution in [3.8, 4) is 0 Å². The number of halogens is 1. The SMILES string of the molecule is Cc1cc(N2CCCN(C(=O)C(c3ccccc3F)N(C)C)CC2)ccn1. The van der Waals surface area contributed by atoms with Crippen LogP contribution in [-0.4, -0.2) is 61.0 Å². The summed E-state index contributed by atoms with van der Waals surface area (Å²) in [7, 11) is 3.64. The summed E-state index contributed by atoms with van der Waals surface area (Å²) in [4.78, 5) is 23.4. The molecule has 0 saturated carbocycles. The minimum atomic E-state index is -0.610. The average molecular weight is 370 g/mol. The number of carbonyl (C=O) groups is 1. The summed E-state index contributed by atoms with van der Waals surface area (Å²) in [6, 6.07) is 10.00. The molecule has 5 nitrogen and oxygen atoms in total. The quantitative estimate of drug-likeness (QED) is 0.830. The first-order valence-corrected chi connectivity index (χ1v) is 9.34. The molecule has 6 heteroatoms. The Hall–Kier alpha value is -2.47. The van der Waals surface area contributed by atoms with E-state index in [1.54, 1.807) is 23.1 Å². The monoisotopic (exact) mass is 370 g/mol. The number of amides is 1. The minimum Gasteiger partial charge on any atom is -0.370 e. The zero-order valence-electron chi connectivity index (χ0n) is 16.2. The molecule has 1 unspecified atom stereocenters. The van der Waals surface area contributed by atoms with Crippen molar-refractivity contribution >= 4 is 11.6 Å². The van der Waals surface area contributed by atoms with Crippen LogP contribution in [0.2, 0.25) is 0 Å². The number of nitrogens with zero attached hydrogens (tertiary/aromatic N) is 4. The van der Waals surface area contributed by atoms with Crippen molar-refractivity contribution in [3.63, 3.8) is 0 Å². The highest BCUT2D eigenvalue weighted by atomic mass is 19.1. The van der Waals surface area contributed by atoms with Gasteiger partial charge < -0.3 is 9.80 Å². The van der Waals surface area contributed by atoms with Gasteiger partial charge in [-0.1, -0.05) is 18.2 Å². The summed E-state index contributed by atoms with van der Waals surface area (Å²) in [5.41, 5.74) is 2.55. The van der Waals surface area contributed by atoms with Gasteiger partial charge in [0, 0.05) is 49.3 Å². The molecule has 0 spiro atoms. The van der Waals surface area contributed by atoms with Crippen LogP contribution < -0.4 is 4.90 Å². The fourth-order valence-corrected chi connectivity index (χ4v) is 3.63. The van der Waals surface area contributed by atoms with Crippen LogP contribution in [0.4, 0.5) is 10.1 Å². The lowest BCUT2D eigenvalue weighted by atomic mass is 10.0. The van der Waals surface area contributed by atoms with Gasteiger partial charge in [0.2, 0.25) is 5.91 Å². The zero-order valence-corrected chi connectivity index (χ0v) is 16.2. The number of likely N-dealkylation sites (N-methyl/N-ethyl adjacent to an activating group) is 1. The fourth-order valence-electron chi connectivity index (χ4n) is 3.63. The summed E-state index contributed by atoms with van der Waals surface area (Å²) in [5, 5.41) is 0. The Bertz CT molecular complexity index is 795. The van der Waals surface area contributed by atoms with Crippen molar-refractivity contribution in [2.45, 2.75) is 19.4 Å². The van der Waals surface area contributed by atoms with Crippen molar-refractivity contribution in [2.75, 3.05) is 45.2 Å². The smallest absolute Gasteiger partial charge is 0.244 e. The van der Waals surface area contributed by atoms with Gasteiger partial charge in [-0.25, -0.2) is 4.39 Å². The molecule has 144 valence electrons. The first kappa shape index (κ1) is 19.3. The lowest BCUT2D eigenvalue weighted by Crippen LogP contribution is -2.42. The number of aromatic nitrogens is 1. The number of anilines is 1. The van der Waals surface area contributed by atoms with Gasteiger partial charge in [-0.3, -0.25) is 14.7 Å². The van der Waals surface area contributed by atoms with Crippen LogP contribution in [0.1, 0.15) is 23.7 Å². The second-order valence-corrected chi connectivity index (χ2v) is 7.21. The van der Waals surface area contributed by atoms with Crippen LogP contribution in [0, 0.1) is 12.7 Å². The van der Waals surface area contributed by atoms with Gasteiger partial charge in [0.15, 0.2) is 0 Å². The molecule has 1 saturated heterocycles. The Morgan fingerprint density at radius 3 is 2.63 bits per heavy atom. The van der Waals surface area contributed by atoms with Crippen LogP contribution in [0.5, 0.6) is 0 Å². The standard InChI is InChI=1S/C21H27FN4O/c1-16-15-17(9-10-23-16)25-11-6-12-26(14-13-25)21(27)20(24(2)3)18-7-4-5-8-19(18)22/h4-5,7-10,15,20H,6,11-14H2,1-3H3. The van der Waals surface area contributed by atoms with E-state index in [4.69, 9.17) is 0 Å². The zero-order chi connectivity index (χ0) is 19.4. The molecule has 3 rings (SSSR count). The number of aryl methyl sites for hydroxylation is 1. The number of hydrogen-bond donors (Lipinski definition) is 0. The Labute approximate surface area is 160 Å². The Morgan fingerprint density at radius 2 is 1.93 bits per heavy atom. The van der Waals surface area contributed by atoms with Crippen molar-refractivity contribution in [1.82, 2.24) is 14.8 Å². The number of rotatable bonds is 4. The molecule has 1 aliphatic heterocycles. The van der Waals surface area contributed by atoms with Crippen molar-refractivity contribution < 1.29 is 9.18 Å². The predicted molar refractivity (Wildman–Crippen MR) is 105 cm³/mol. The highest BCUT2D eigenvalue weighted by Crippen LogP contribution is 2.25. The summed E-state index contributed by atoms with van der Waals surface area (Å²) in [6.45, 7) is 4.93. The van der Waals surface area contributed by atoms with Gasteiger partial charge >= 0.3 is 0 Å². The predicted octanol–water partition coefficient (Wildman–Crippen LogP) is 2.87. The Kier molecular flexibility index (Phi) is 6.06. The van der Waals surface area contributed by atoms with E-state index in [2.05, 4.69) is 16.0 Å². The lowest BCUT2D eigenvalue weighted by molar-refractivity contribution is -0.136. The third kappa shape index (κ3) is 4.45. The third-order valence-electron chi connectivity index (χ3n) is 5.00. The number of benzene rings is 1. The molecule has 1 fully saturated rings. The number of pyridine rings is 1. The average Bonchev–Trinajstić information content (AvgIpc) is 2.89. The van der Waals surface area contributed by atoms with Gasteiger partial charge in [-0.05, 0) is 45.6 Å². The Morgan fingerprint density at radius 1 is 1.15 bits per heavy atom. The van der Waals surface area contributed by atoms with E-state index >= 15 is 0 Å². The second kappa shape index (κ2) is 8.48. The topological polar surface area (TPSA) is 39.7 Å². The minimum absolute atomic E-state index is 0.0436. The summed E-state index contributed by atoms with van der Waals surface area (Å²) < 4.78 is 14.3. The van der Waals surface area contributed by atoms with E-state index in [-0.39, 0.29) is 11.7 Å². The molecular formula is C21H27FN4O. The van der Waals surface area contributed by atoms with Crippen molar-refractivity contribution in [1.29, 1.82) is 0 Å². The van der Waals surface area contributed by atoms with Crippen LogP contribution in [0.15, 0.2) is 42.6 Å². The molecule has 27 heavy (non-hydrogen) atoms. The van der Waals surface area contributed by atoms with E-state index in [9.17, 15) is 9.18 Å². The fraction of sp³-hybridized carbons (Fsp3) is 0.429. The van der Waals surface area contributed by atoms with Gasteiger partial charge in [-0.2, -0.15) is 0 Å². The molecule has 1 amide bonds. The van der Waals surface area contributed by atoms with Gasteiger partial charge in [0.25, 0.3) is 0 Å². The third-order valence-corrected chi connectivity index (χ3v) is 5.00. The second-order valence-electron chi connectivity index (χ2n) is 7.21. The maximum atomic E-state index is 14.3. The number of hydrogen-bond acceptors (Lipinski definition) is 4. The van der Waals surface area contributed by atoms with Crippen LogP contribution in [0.3, 0.4) is 0 Å². The van der Waals surface area contributed by atoms with Gasteiger partial charge in [-0.15, -0.1) is 0 Å². The highest BCUT2D eigenvalue weighted by Gasteiger charge is 2.30. The molecule has 0 aliphatic carbocycles. The molecule has 2 aromatic rings. The summed E-state index contributed by atoms with van der Waals surface area (Å²) in [6.07, 6.45) is 2.70. The van der Waals surface area contributed by atoms with Crippen LogP contribution in [0.25, 0.3) is 0 Å². The molecular weight excluding hydrogens is 343 g/mol. The van der Waals surface area contributed by atoms with Gasteiger partial charge in [0.05, 0.1) is 0 Å². The van der Waals surface area contributed by atoms with E-state index in [1.807, 2.05) is 38.2 Å². The van der Waals surface area contributed by atoms with E-state index < -0.39 is 6.04 Å². The lowest BCUT2D eigenvalue weighted by Gasteiger charge is -2.30. The molecule has 0 bridgehead atoms. The first-order chi connectivity index (χ1) is 13.0. The van der Waals surface area contributed by atoms with E-state index in [1.165, 1.54) is 6.07 Å². The molecule has 1 aromatic heterocycles. The largest absolute Gasteiger partial charge is 0.370 e. The van der Waals surface area contributed by atoms with E-state index in [0.29, 0.717) is 18.7 Å². The van der Waals surface area contributed by atoms with Crippen LogP contribution >= 0.6 is 0 Å². The normalized spacial score (nSPS) is 16.3. The summed E-state index contributed by atoms with van der Waals surface area (Å²) in [5.74, 6) is -0.383. The molecule has 2 heterocycles. The molecule has 1 aromatic carbocycles. The Balaban J connectivity index is 1.75. The molecule has 0 N–H and O–H groups in total. The molecule has 1 atom stereocenters. The van der Waals surface area contributed by atoms with Crippen LogP contribution in [-0.2, 0) is 4.79 Å². The highest BCUT2D eigenvalue weighted by molar-refractivity contribution is 5.83. The summed E-state index contributed by atoms with van der Waals surface area (Å²) >= 11 is 0. The maximum absolute atomic E-state index is 14.3. The molecule has 1 aliphatic rings. The first-order valence-electron chi connectivity index (χ1n) is 9.34. The number of carbonyl (C=O) groups excluding carboxylic acids is 1. The maximum Gasteiger partial charge on any atom is 0.244 e. The van der Waals surface area contributed by atoms with E-state index in [0.717, 1.165) is 30.9 Å². The van der Waals surface area contributed by atoms with Gasteiger partial charge in [0.1, 0.15) is 11.9 Å². The van der Waals surface area contributed by atoms with Crippen molar-refractivity contribution in [3.05, 3.63) is 59.7 Å². The molecule has 0 radical (unpaired) electrons.